The molecule has 0 saturated heterocycles. The van der Waals surface area contributed by atoms with E-state index in [4.69, 9.17) is 11.6 Å². The zero-order valence-electron chi connectivity index (χ0n) is 14.4. The van der Waals surface area contributed by atoms with Crippen LogP contribution in [0.1, 0.15) is 28.5 Å². The lowest BCUT2D eigenvalue weighted by molar-refractivity contribution is 0.313. The predicted molar refractivity (Wildman–Crippen MR) is 103 cm³/mol. The second-order valence-corrected chi connectivity index (χ2v) is 6.88. The van der Waals surface area contributed by atoms with Crippen molar-refractivity contribution in [2.45, 2.75) is 20.8 Å². The lowest BCUT2D eigenvalue weighted by Crippen LogP contribution is -2.27. The van der Waals surface area contributed by atoms with E-state index in [0.717, 1.165) is 32.3 Å². The third-order valence-electron chi connectivity index (χ3n) is 3.72. The summed E-state index contributed by atoms with van der Waals surface area (Å²) in [6, 6.07) is 7.52. The molecule has 0 amide bonds. The Morgan fingerprint density at radius 1 is 1.25 bits per heavy atom. The fraction of sp³-hybridized carbons (Fsp3) is 0.294. The van der Waals surface area contributed by atoms with Gasteiger partial charge in [0.1, 0.15) is 5.00 Å². The van der Waals surface area contributed by atoms with Crippen LogP contribution in [0.4, 0.5) is 5.00 Å². The van der Waals surface area contributed by atoms with Crippen LogP contribution in [-0.4, -0.2) is 30.8 Å². The van der Waals surface area contributed by atoms with E-state index in [9.17, 15) is 5.21 Å². The van der Waals surface area contributed by atoms with E-state index in [0.29, 0.717) is 15.9 Å². The van der Waals surface area contributed by atoms with E-state index < -0.39 is 0 Å². The number of hydrazone groups is 1. The highest BCUT2D eigenvalue weighted by molar-refractivity contribution is 7.16. The molecule has 2 aromatic rings. The summed E-state index contributed by atoms with van der Waals surface area (Å²) in [5, 5.41) is 17.1. The molecule has 0 aliphatic carbocycles. The molecular weight excluding hydrogens is 344 g/mol. The summed E-state index contributed by atoms with van der Waals surface area (Å²) >= 11 is 7.50. The monoisotopic (exact) mass is 364 g/mol. The first-order valence-electron chi connectivity index (χ1n) is 7.43. The number of benzene rings is 1. The molecule has 24 heavy (non-hydrogen) atoms. The van der Waals surface area contributed by atoms with Gasteiger partial charge in [-0.2, -0.15) is 10.2 Å². The van der Waals surface area contributed by atoms with Crippen molar-refractivity contribution in [1.29, 1.82) is 0 Å². The van der Waals surface area contributed by atoms with Gasteiger partial charge in [0.2, 0.25) is 0 Å². The molecule has 0 unspecified atom stereocenters. The van der Waals surface area contributed by atoms with Crippen LogP contribution in [0.2, 0.25) is 5.02 Å². The minimum absolute atomic E-state index is 0.451. The van der Waals surface area contributed by atoms with Crippen LogP contribution in [0.25, 0.3) is 0 Å². The normalized spacial score (nSPS) is 12.5. The Morgan fingerprint density at radius 2 is 1.88 bits per heavy atom. The Balaban J connectivity index is 2.60. The third kappa shape index (κ3) is 3.61. The molecule has 2 N–H and O–H groups in total. The maximum Gasteiger partial charge on any atom is 0.152 e. The van der Waals surface area contributed by atoms with Crippen molar-refractivity contribution in [1.82, 2.24) is 5.43 Å². The van der Waals surface area contributed by atoms with Crippen molar-refractivity contribution in [3.63, 3.8) is 0 Å². The lowest BCUT2D eigenvalue weighted by Gasteiger charge is -2.17. The first-order valence-corrected chi connectivity index (χ1v) is 8.63. The molecule has 0 fully saturated rings. The van der Waals surface area contributed by atoms with Gasteiger partial charge in [0, 0.05) is 35.1 Å². The number of aliphatic imine (C=N–C) groups is 1. The number of hydrogen-bond donors (Lipinski definition) is 2. The van der Waals surface area contributed by atoms with Gasteiger partial charge in [-0.05, 0) is 38.5 Å². The number of halogens is 1. The zero-order valence-corrected chi connectivity index (χ0v) is 16.0. The van der Waals surface area contributed by atoms with Crippen molar-refractivity contribution in [3.05, 3.63) is 50.9 Å². The van der Waals surface area contributed by atoms with Crippen LogP contribution in [0.3, 0.4) is 0 Å². The minimum atomic E-state index is 0.451. The van der Waals surface area contributed by atoms with E-state index >= 15 is 0 Å². The van der Waals surface area contributed by atoms with E-state index in [1.807, 2.05) is 38.1 Å². The van der Waals surface area contributed by atoms with Crippen LogP contribution >= 0.6 is 22.9 Å². The highest BCUT2D eigenvalue weighted by Gasteiger charge is 2.23. The SMILES string of the molecule is C/N=C(/c1ccc(Cl)cc1)c1c(N(O)/C(C)=N\NC)sc(C)c1C. The van der Waals surface area contributed by atoms with E-state index in [1.165, 1.54) is 11.3 Å². The number of aryl methyl sites for hydroxylation is 1. The summed E-state index contributed by atoms with van der Waals surface area (Å²) in [6.07, 6.45) is 0. The molecule has 128 valence electrons. The van der Waals surface area contributed by atoms with Gasteiger partial charge in [-0.15, -0.1) is 11.3 Å². The average molecular weight is 365 g/mol. The standard InChI is InChI=1S/C17H21ClN4OS/c1-10-11(2)24-17(22(23)12(3)21-20-5)15(10)16(19-4)13-6-8-14(18)9-7-13/h6-9,20,23H,1-5H3/b19-16-,21-12-. The predicted octanol–water partition coefficient (Wildman–Crippen LogP) is 4.23. The van der Waals surface area contributed by atoms with Crippen molar-refractivity contribution in [2.75, 3.05) is 19.2 Å². The molecule has 0 bridgehead atoms. The van der Waals surface area contributed by atoms with Gasteiger partial charge >= 0.3 is 0 Å². The number of hydroxylamine groups is 1. The van der Waals surface area contributed by atoms with Gasteiger partial charge in [-0.1, -0.05) is 23.7 Å². The molecule has 7 heteroatoms. The first-order chi connectivity index (χ1) is 11.4. The van der Waals surface area contributed by atoms with Crippen molar-refractivity contribution in [3.8, 4) is 0 Å². The number of nitrogens with zero attached hydrogens (tertiary/aromatic N) is 3. The maximum absolute atomic E-state index is 10.6. The molecule has 1 aromatic carbocycles. The number of anilines is 1. The smallest absolute Gasteiger partial charge is 0.152 e. The number of hydrogen-bond acceptors (Lipinski definition) is 5. The molecule has 2 rings (SSSR count). The van der Waals surface area contributed by atoms with Crippen LogP contribution in [0, 0.1) is 13.8 Å². The molecule has 0 aliphatic rings. The van der Waals surface area contributed by atoms with E-state index in [2.05, 4.69) is 15.5 Å². The van der Waals surface area contributed by atoms with Crippen LogP contribution in [0.15, 0.2) is 34.4 Å². The molecule has 1 aromatic heterocycles. The second kappa shape index (κ2) is 7.79. The molecule has 5 nitrogen and oxygen atoms in total. The first kappa shape index (κ1) is 18.4. The summed E-state index contributed by atoms with van der Waals surface area (Å²) in [7, 11) is 3.44. The summed E-state index contributed by atoms with van der Waals surface area (Å²) in [6.45, 7) is 5.79. The third-order valence-corrected chi connectivity index (χ3v) is 5.15. The zero-order chi connectivity index (χ0) is 17.9. The number of amidine groups is 1. The van der Waals surface area contributed by atoms with Crippen LogP contribution < -0.4 is 10.5 Å². The fourth-order valence-electron chi connectivity index (χ4n) is 2.39. The number of nitrogens with one attached hydrogen (secondary N) is 1. The summed E-state index contributed by atoms with van der Waals surface area (Å²) < 4.78 is 0. The molecular formula is C17H21ClN4OS. The number of rotatable bonds is 4. The Kier molecular flexibility index (Phi) is 5.99. The van der Waals surface area contributed by atoms with Crippen molar-refractivity contribution < 1.29 is 5.21 Å². The van der Waals surface area contributed by atoms with Crippen molar-refractivity contribution >= 4 is 39.5 Å². The maximum atomic E-state index is 10.6. The van der Waals surface area contributed by atoms with Crippen LogP contribution in [0.5, 0.6) is 0 Å². The molecule has 0 atom stereocenters. The molecule has 0 saturated carbocycles. The van der Waals surface area contributed by atoms with E-state index in [-0.39, 0.29) is 0 Å². The van der Waals surface area contributed by atoms with Gasteiger partial charge < -0.3 is 5.43 Å². The summed E-state index contributed by atoms with van der Waals surface area (Å²) in [5.74, 6) is 0.451. The van der Waals surface area contributed by atoms with Gasteiger partial charge in [0.15, 0.2) is 5.84 Å². The number of thiophene rings is 1. The largest absolute Gasteiger partial charge is 0.311 e. The van der Waals surface area contributed by atoms with Gasteiger partial charge in [-0.25, -0.2) is 0 Å². The minimum Gasteiger partial charge on any atom is -0.311 e. The topological polar surface area (TPSA) is 60.2 Å². The van der Waals surface area contributed by atoms with E-state index in [1.54, 1.807) is 21.0 Å². The Morgan fingerprint density at radius 3 is 2.42 bits per heavy atom. The van der Waals surface area contributed by atoms with Crippen LogP contribution in [-0.2, 0) is 0 Å². The molecule has 1 heterocycles. The molecule has 0 radical (unpaired) electrons. The highest BCUT2D eigenvalue weighted by atomic mass is 35.5. The summed E-state index contributed by atoms with van der Waals surface area (Å²) in [4.78, 5) is 5.58. The average Bonchev–Trinajstić information content (AvgIpc) is 2.85. The Labute approximate surface area is 151 Å². The molecule has 0 aliphatic heterocycles. The van der Waals surface area contributed by atoms with Gasteiger partial charge in [-0.3, -0.25) is 10.2 Å². The van der Waals surface area contributed by atoms with Crippen molar-refractivity contribution in [2.24, 2.45) is 10.1 Å². The fourth-order valence-corrected chi connectivity index (χ4v) is 3.63. The molecule has 0 spiro atoms. The summed E-state index contributed by atoms with van der Waals surface area (Å²) in [5.41, 5.74) is 6.42. The Bertz CT molecular complexity index is 781. The Hall–Kier alpha value is -1.89. The lowest BCUT2D eigenvalue weighted by atomic mass is 10.00. The highest BCUT2D eigenvalue weighted by Crippen LogP contribution is 2.37. The second-order valence-electron chi connectivity index (χ2n) is 5.24. The quantitative estimate of drug-likeness (QED) is 0.484. The van der Waals surface area contributed by atoms with Gasteiger partial charge in [0.05, 0.1) is 5.71 Å². The van der Waals surface area contributed by atoms with Gasteiger partial charge in [0.25, 0.3) is 0 Å².